The second-order valence-electron chi connectivity index (χ2n) is 5.04. The quantitative estimate of drug-likeness (QED) is 0.666. The van der Waals surface area contributed by atoms with Gasteiger partial charge in [0, 0.05) is 0 Å². The second kappa shape index (κ2) is 6.73. The van der Waals surface area contributed by atoms with Crippen LogP contribution in [0.2, 0.25) is 0 Å². The van der Waals surface area contributed by atoms with Gasteiger partial charge in [-0.3, -0.25) is 4.79 Å². The summed E-state index contributed by atoms with van der Waals surface area (Å²) < 4.78 is 0. The summed E-state index contributed by atoms with van der Waals surface area (Å²) in [6, 6.07) is -0.749. The van der Waals surface area contributed by atoms with Crippen LogP contribution in [0.4, 0.5) is 0 Å². The predicted molar refractivity (Wildman–Crippen MR) is 69.3 cm³/mol. The van der Waals surface area contributed by atoms with Crippen LogP contribution in [0.3, 0.4) is 0 Å². The Balaban J connectivity index is 2.68. The van der Waals surface area contributed by atoms with Gasteiger partial charge in [-0.2, -0.15) is 0 Å². The van der Waals surface area contributed by atoms with Crippen molar-refractivity contribution in [3.05, 3.63) is 0 Å². The topological polar surface area (TPSA) is 78.4 Å². The normalized spacial score (nSPS) is 20.1. The Labute approximate surface area is 108 Å². The van der Waals surface area contributed by atoms with Gasteiger partial charge in [-0.1, -0.05) is 20.3 Å². The highest BCUT2D eigenvalue weighted by Gasteiger charge is 2.39. The number of carboxylic acid groups (broad SMARTS) is 1. The number of amides is 1. The molecule has 0 aliphatic carbocycles. The molecule has 104 valence electrons. The number of aliphatic carboxylic acids is 1. The average Bonchev–Trinajstić information content (AvgIpc) is 2.38. The molecule has 18 heavy (non-hydrogen) atoms. The van der Waals surface area contributed by atoms with Crippen LogP contribution in [0.5, 0.6) is 0 Å². The molecule has 1 aliphatic rings. The Hall–Kier alpha value is -1.10. The Kier molecular flexibility index (Phi) is 5.59. The van der Waals surface area contributed by atoms with Crippen molar-refractivity contribution < 1.29 is 14.7 Å². The van der Waals surface area contributed by atoms with E-state index in [9.17, 15) is 9.59 Å². The van der Waals surface area contributed by atoms with Gasteiger partial charge in [0.05, 0.1) is 5.41 Å². The highest BCUT2D eigenvalue weighted by molar-refractivity contribution is 5.87. The Morgan fingerprint density at radius 1 is 1.33 bits per heavy atom. The Morgan fingerprint density at radius 3 is 2.39 bits per heavy atom. The number of carboxylic acids is 1. The van der Waals surface area contributed by atoms with Gasteiger partial charge in [-0.25, -0.2) is 4.79 Å². The molecule has 0 radical (unpaired) electrons. The lowest BCUT2D eigenvalue weighted by atomic mass is 9.75. The van der Waals surface area contributed by atoms with E-state index in [1.54, 1.807) is 0 Å². The zero-order valence-corrected chi connectivity index (χ0v) is 11.3. The van der Waals surface area contributed by atoms with Crippen LogP contribution in [0.25, 0.3) is 0 Å². The molecule has 0 aromatic carbocycles. The van der Waals surface area contributed by atoms with Crippen molar-refractivity contribution in [1.29, 1.82) is 0 Å². The third-order valence-corrected chi connectivity index (χ3v) is 3.90. The number of piperidine rings is 1. The first-order valence-electron chi connectivity index (χ1n) is 6.80. The van der Waals surface area contributed by atoms with Crippen molar-refractivity contribution in [2.75, 3.05) is 13.1 Å². The van der Waals surface area contributed by atoms with E-state index in [0.717, 1.165) is 38.8 Å². The third kappa shape index (κ3) is 3.45. The van der Waals surface area contributed by atoms with Crippen molar-refractivity contribution >= 4 is 11.9 Å². The monoisotopic (exact) mass is 256 g/mol. The summed E-state index contributed by atoms with van der Waals surface area (Å²) in [4.78, 5) is 23.4. The molecular weight excluding hydrogens is 232 g/mol. The zero-order valence-electron chi connectivity index (χ0n) is 11.3. The van der Waals surface area contributed by atoms with Crippen LogP contribution < -0.4 is 10.6 Å². The molecule has 0 unspecified atom stereocenters. The summed E-state index contributed by atoms with van der Waals surface area (Å²) in [5.41, 5.74) is -0.382. The molecule has 1 atom stereocenters. The standard InChI is InChI=1S/C13H24N2O3/c1-3-5-10(11(16)17)15-12(18)13(4-2)6-8-14-9-7-13/h10,14H,3-9H2,1-2H3,(H,15,18)(H,16,17)/t10-/m1/s1. The summed E-state index contributed by atoms with van der Waals surface area (Å²) >= 11 is 0. The molecule has 1 saturated heterocycles. The number of hydrogen-bond acceptors (Lipinski definition) is 3. The lowest BCUT2D eigenvalue weighted by Gasteiger charge is -2.36. The first kappa shape index (κ1) is 15.0. The molecule has 5 heteroatoms. The van der Waals surface area contributed by atoms with Gasteiger partial charge in [-0.05, 0) is 38.8 Å². The van der Waals surface area contributed by atoms with Crippen LogP contribution in [-0.2, 0) is 9.59 Å². The largest absolute Gasteiger partial charge is 0.480 e. The van der Waals surface area contributed by atoms with Crippen molar-refractivity contribution in [2.24, 2.45) is 5.41 Å². The minimum atomic E-state index is -0.939. The van der Waals surface area contributed by atoms with Gasteiger partial charge < -0.3 is 15.7 Å². The first-order valence-corrected chi connectivity index (χ1v) is 6.80. The lowest BCUT2D eigenvalue weighted by molar-refractivity contribution is -0.144. The smallest absolute Gasteiger partial charge is 0.326 e. The molecule has 0 aromatic heterocycles. The first-order chi connectivity index (χ1) is 8.55. The van der Waals surface area contributed by atoms with E-state index in [1.165, 1.54) is 0 Å². The summed E-state index contributed by atoms with van der Waals surface area (Å²) in [5.74, 6) is -1.03. The van der Waals surface area contributed by atoms with Crippen LogP contribution in [-0.4, -0.2) is 36.1 Å². The SMILES string of the molecule is CCC[C@@H](NC(=O)C1(CC)CCNCC1)C(=O)O. The van der Waals surface area contributed by atoms with Gasteiger partial charge in [0.25, 0.3) is 0 Å². The van der Waals surface area contributed by atoms with E-state index >= 15 is 0 Å². The Morgan fingerprint density at radius 2 is 1.94 bits per heavy atom. The number of hydrogen-bond donors (Lipinski definition) is 3. The zero-order chi connectivity index (χ0) is 13.6. The fraction of sp³-hybridized carbons (Fsp3) is 0.846. The molecule has 5 nitrogen and oxygen atoms in total. The van der Waals surface area contributed by atoms with E-state index in [2.05, 4.69) is 10.6 Å². The fourth-order valence-corrected chi connectivity index (χ4v) is 2.50. The van der Waals surface area contributed by atoms with E-state index in [1.807, 2.05) is 13.8 Å². The van der Waals surface area contributed by atoms with Crippen molar-refractivity contribution in [1.82, 2.24) is 10.6 Å². The highest BCUT2D eigenvalue weighted by Crippen LogP contribution is 2.32. The van der Waals surface area contributed by atoms with E-state index in [-0.39, 0.29) is 11.3 Å². The van der Waals surface area contributed by atoms with Crippen molar-refractivity contribution in [2.45, 2.75) is 52.0 Å². The van der Waals surface area contributed by atoms with Gasteiger partial charge >= 0.3 is 5.97 Å². The molecule has 1 amide bonds. The number of carbonyl (C=O) groups excluding carboxylic acids is 1. The average molecular weight is 256 g/mol. The van der Waals surface area contributed by atoms with Crippen molar-refractivity contribution in [3.8, 4) is 0 Å². The highest BCUT2D eigenvalue weighted by atomic mass is 16.4. The van der Waals surface area contributed by atoms with Gasteiger partial charge in [-0.15, -0.1) is 0 Å². The van der Waals surface area contributed by atoms with Crippen molar-refractivity contribution in [3.63, 3.8) is 0 Å². The molecule has 0 spiro atoms. The van der Waals surface area contributed by atoms with Crippen LogP contribution >= 0.6 is 0 Å². The molecule has 1 rings (SSSR count). The lowest BCUT2D eigenvalue weighted by Crippen LogP contribution is -2.51. The van der Waals surface area contributed by atoms with E-state index in [0.29, 0.717) is 6.42 Å². The number of nitrogens with one attached hydrogen (secondary N) is 2. The van der Waals surface area contributed by atoms with Crippen LogP contribution in [0.15, 0.2) is 0 Å². The van der Waals surface area contributed by atoms with Gasteiger partial charge in [0.1, 0.15) is 6.04 Å². The number of rotatable bonds is 6. The Bertz CT molecular complexity index is 299. The van der Waals surface area contributed by atoms with Crippen LogP contribution in [0.1, 0.15) is 46.0 Å². The number of carbonyl (C=O) groups is 2. The van der Waals surface area contributed by atoms with E-state index in [4.69, 9.17) is 5.11 Å². The van der Waals surface area contributed by atoms with Gasteiger partial charge in [0.15, 0.2) is 0 Å². The molecular formula is C13H24N2O3. The molecule has 1 heterocycles. The van der Waals surface area contributed by atoms with E-state index < -0.39 is 12.0 Å². The molecule has 0 aromatic rings. The van der Waals surface area contributed by atoms with Crippen LogP contribution in [0, 0.1) is 5.41 Å². The summed E-state index contributed by atoms with van der Waals surface area (Å²) in [5, 5.41) is 15.0. The molecule has 1 aliphatic heterocycles. The molecule has 0 saturated carbocycles. The maximum absolute atomic E-state index is 12.3. The fourth-order valence-electron chi connectivity index (χ4n) is 2.50. The summed E-state index contributed by atoms with van der Waals surface area (Å²) in [7, 11) is 0. The molecule has 3 N–H and O–H groups in total. The predicted octanol–water partition coefficient (Wildman–Crippen LogP) is 1.14. The minimum Gasteiger partial charge on any atom is -0.480 e. The maximum Gasteiger partial charge on any atom is 0.326 e. The second-order valence-corrected chi connectivity index (χ2v) is 5.04. The minimum absolute atomic E-state index is 0.0904. The maximum atomic E-state index is 12.3. The van der Waals surface area contributed by atoms with Gasteiger partial charge in [0.2, 0.25) is 5.91 Å². The summed E-state index contributed by atoms with van der Waals surface area (Å²) in [6.07, 6.45) is 3.57. The third-order valence-electron chi connectivity index (χ3n) is 3.90. The molecule has 0 bridgehead atoms. The summed E-state index contributed by atoms with van der Waals surface area (Å²) in [6.45, 7) is 5.57. The molecule has 1 fully saturated rings.